The first-order chi connectivity index (χ1) is 9.26. The number of unbranched alkanes of at least 4 members (excludes halogenated alkanes) is 6. The predicted molar refractivity (Wildman–Crippen MR) is 83.5 cm³/mol. The molecule has 0 spiro atoms. The molecule has 19 heavy (non-hydrogen) atoms. The number of hydrogen-bond donors (Lipinski definition) is 1. The van der Waals surface area contributed by atoms with Gasteiger partial charge in [-0.3, -0.25) is 0 Å². The fourth-order valence-corrected chi connectivity index (χ4v) is 2.10. The molecule has 0 aromatic rings. The number of carbonyl (C=O) groups excluding carboxylic acids is 1. The first-order valence-corrected chi connectivity index (χ1v) is 8.29. The molecular weight excluding hydrogens is 236 g/mol. The van der Waals surface area contributed by atoms with Crippen LogP contribution < -0.4 is 5.32 Å². The summed E-state index contributed by atoms with van der Waals surface area (Å²) < 4.78 is 0. The Morgan fingerprint density at radius 3 is 1.74 bits per heavy atom. The standard InChI is InChI=1S/C16H34N2O/c1-4-7-10-13-17-16(19)18(14-11-8-5-2)15-12-9-6-3/h4-15H2,1-3H3,(H,17,19). The van der Waals surface area contributed by atoms with Crippen LogP contribution in [0.3, 0.4) is 0 Å². The molecule has 0 heterocycles. The van der Waals surface area contributed by atoms with Crippen LogP contribution in [0.5, 0.6) is 0 Å². The van der Waals surface area contributed by atoms with Crippen molar-refractivity contribution in [2.75, 3.05) is 19.6 Å². The van der Waals surface area contributed by atoms with Crippen LogP contribution in [0.2, 0.25) is 0 Å². The third kappa shape index (κ3) is 10.8. The second-order valence-electron chi connectivity index (χ2n) is 5.34. The zero-order chi connectivity index (χ0) is 14.3. The second-order valence-corrected chi connectivity index (χ2v) is 5.34. The smallest absolute Gasteiger partial charge is 0.317 e. The van der Waals surface area contributed by atoms with Gasteiger partial charge in [0, 0.05) is 19.6 Å². The molecule has 114 valence electrons. The Morgan fingerprint density at radius 1 is 0.789 bits per heavy atom. The van der Waals surface area contributed by atoms with Crippen molar-refractivity contribution in [3.63, 3.8) is 0 Å². The quantitative estimate of drug-likeness (QED) is 0.518. The fourth-order valence-electron chi connectivity index (χ4n) is 2.10. The summed E-state index contributed by atoms with van der Waals surface area (Å²) in [6.45, 7) is 9.24. The van der Waals surface area contributed by atoms with Crippen molar-refractivity contribution < 1.29 is 4.79 Å². The fraction of sp³-hybridized carbons (Fsp3) is 0.938. The number of rotatable bonds is 12. The number of urea groups is 1. The van der Waals surface area contributed by atoms with Crippen LogP contribution in [0.15, 0.2) is 0 Å². The Kier molecular flexibility index (Phi) is 13.2. The van der Waals surface area contributed by atoms with Gasteiger partial charge >= 0.3 is 6.03 Å². The summed E-state index contributed by atoms with van der Waals surface area (Å²) in [5, 5.41) is 3.06. The molecule has 0 radical (unpaired) electrons. The molecule has 0 aliphatic rings. The van der Waals surface area contributed by atoms with Crippen LogP contribution in [0.4, 0.5) is 4.79 Å². The highest BCUT2D eigenvalue weighted by Crippen LogP contribution is 2.03. The van der Waals surface area contributed by atoms with E-state index in [9.17, 15) is 4.79 Å². The third-order valence-corrected chi connectivity index (χ3v) is 3.41. The molecule has 0 rings (SSSR count). The maximum Gasteiger partial charge on any atom is 0.317 e. The van der Waals surface area contributed by atoms with E-state index in [-0.39, 0.29) is 6.03 Å². The normalized spacial score (nSPS) is 10.5. The average molecular weight is 270 g/mol. The van der Waals surface area contributed by atoms with Gasteiger partial charge < -0.3 is 10.2 Å². The zero-order valence-corrected chi connectivity index (χ0v) is 13.3. The van der Waals surface area contributed by atoms with E-state index in [1.54, 1.807) is 0 Å². The second kappa shape index (κ2) is 13.7. The van der Waals surface area contributed by atoms with E-state index < -0.39 is 0 Å². The molecule has 0 atom stereocenters. The molecule has 0 fully saturated rings. The molecule has 0 aliphatic heterocycles. The Hall–Kier alpha value is -0.730. The minimum Gasteiger partial charge on any atom is -0.338 e. The molecule has 0 saturated carbocycles. The molecule has 0 aromatic heterocycles. The molecule has 0 bridgehead atoms. The van der Waals surface area contributed by atoms with E-state index in [0.717, 1.165) is 38.9 Å². The highest BCUT2D eigenvalue weighted by atomic mass is 16.2. The molecule has 0 saturated heterocycles. The molecule has 3 heteroatoms. The van der Waals surface area contributed by atoms with Gasteiger partial charge in [0.2, 0.25) is 0 Å². The summed E-state index contributed by atoms with van der Waals surface area (Å²) in [4.78, 5) is 14.1. The summed E-state index contributed by atoms with van der Waals surface area (Å²) in [5.74, 6) is 0. The first kappa shape index (κ1) is 18.3. The van der Waals surface area contributed by atoms with Crippen molar-refractivity contribution >= 4 is 6.03 Å². The molecule has 3 nitrogen and oxygen atoms in total. The number of nitrogens with zero attached hydrogens (tertiary/aromatic N) is 1. The Balaban J connectivity index is 3.94. The van der Waals surface area contributed by atoms with Crippen LogP contribution in [0.25, 0.3) is 0 Å². The van der Waals surface area contributed by atoms with Crippen molar-refractivity contribution in [1.82, 2.24) is 10.2 Å². The van der Waals surface area contributed by atoms with Crippen LogP contribution in [0, 0.1) is 0 Å². The molecule has 2 amide bonds. The number of carbonyl (C=O) groups is 1. The van der Waals surface area contributed by atoms with Gasteiger partial charge in [0.25, 0.3) is 0 Å². The van der Waals surface area contributed by atoms with Gasteiger partial charge in [0.1, 0.15) is 0 Å². The minimum atomic E-state index is 0.142. The molecule has 1 N–H and O–H groups in total. The van der Waals surface area contributed by atoms with Crippen LogP contribution >= 0.6 is 0 Å². The maximum atomic E-state index is 12.1. The van der Waals surface area contributed by atoms with Crippen molar-refractivity contribution in [3.8, 4) is 0 Å². The summed E-state index contributed by atoms with van der Waals surface area (Å²) in [5.41, 5.74) is 0. The number of amides is 2. The lowest BCUT2D eigenvalue weighted by molar-refractivity contribution is 0.195. The summed E-state index contributed by atoms with van der Waals surface area (Å²) >= 11 is 0. The number of hydrogen-bond acceptors (Lipinski definition) is 1. The molecular formula is C16H34N2O. The van der Waals surface area contributed by atoms with Crippen molar-refractivity contribution in [2.24, 2.45) is 0 Å². The lowest BCUT2D eigenvalue weighted by Crippen LogP contribution is -2.41. The van der Waals surface area contributed by atoms with Crippen LogP contribution in [0.1, 0.15) is 78.6 Å². The van der Waals surface area contributed by atoms with E-state index in [1.807, 2.05) is 4.90 Å². The minimum absolute atomic E-state index is 0.142. The summed E-state index contributed by atoms with van der Waals surface area (Å²) in [7, 11) is 0. The number of nitrogens with one attached hydrogen (secondary N) is 1. The van der Waals surface area contributed by atoms with Gasteiger partial charge in [-0.05, 0) is 19.3 Å². The molecule has 0 unspecified atom stereocenters. The van der Waals surface area contributed by atoms with Gasteiger partial charge in [0.05, 0.1) is 0 Å². The van der Waals surface area contributed by atoms with Crippen LogP contribution in [-0.4, -0.2) is 30.6 Å². The van der Waals surface area contributed by atoms with E-state index in [4.69, 9.17) is 0 Å². The van der Waals surface area contributed by atoms with E-state index in [2.05, 4.69) is 26.1 Å². The predicted octanol–water partition coefficient (Wildman–Crippen LogP) is 4.57. The Bertz CT molecular complexity index is 197. The topological polar surface area (TPSA) is 32.3 Å². The average Bonchev–Trinajstić information content (AvgIpc) is 2.42. The van der Waals surface area contributed by atoms with Gasteiger partial charge in [0.15, 0.2) is 0 Å². The Morgan fingerprint density at radius 2 is 1.26 bits per heavy atom. The lowest BCUT2D eigenvalue weighted by Gasteiger charge is -2.23. The maximum absolute atomic E-state index is 12.1. The van der Waals surface area contributed by atoms with Crippen molar-refractivity contribution in [3.05, 3.63) is 0 Å². The van der Waals surface area contributed by atoms with Crippen LogP contribution in [-0.2, 0) is 0 Å². The Labute approximate surface area is 120 Å². The van der Waals surface area contributed by atoms with Gasteiger partial charge in [-0.2, -0.15) is 0 Å². The monoisotopic (exact) mass is 270 g/mol. The highest BCUT2D eigenvalue weighted by molar-refractivity contribution is 5.74. The van der Waals surface area contributed by atoms with E-state index in [1.165, 1.54) is 38.5 Å². The molecule has 0 aliphatic carbocycles. The lowest BCUT2D eigenvalue weighted by atomic mass is 10.2. The van der Waals surface area contributed by atoms with Crippen molar-refractivity contribution in [1.29, 1.82) is 0 Å². The van der Waals surface area contributed by atoms with Crippen molar-refractivity contribution in [2.45, 2.75) is 78.6 Å². The zero-order valence-electron chi connectivity index (χ0n) is 13.3. The largest absolute Gasteiger partial charge is 0.338 e. The summed E-state index contributed by atoms with van der Waals surface area (Å²) in [6, 6.07) is 0.142. The van der Waals surface area contributed by atoms with E-state index >= 15 is 0 Å². The first-order valence-electron chi connectivity index (χ1n) is 8.29. The van der Waals surface area contributed by atoms with Gasteiger partial charge in [-0.25, -0.2) is 4.79 Å². The molecule has 0 aromatic carbocycles. The van der Waals surface area contributed by atoms with Gasteiger partial charge in [-0.1, -0.05) is 59.3 Å². The van der Waals surface area contributed by atoms with Gasteiger partial charge in [-0.15, -0.1) is 0 Å². The SMILES string of the molecule is CCCCCNC(=O)N(CCCCC)CCCCC. The third-order valence-electron chi connectivity index (χ3n) is 3.41. The summed E-state index contributed by atoms with van der Waals surface area (Å²) in [6.07, 6.45) is 10.6. The highest BCUT2D eigenvalue weighted by Gasteiger charge is 2.11. The van der Waals surface area contributed by atoms with E-state index in [0.29, 0.717) is 0 Å².